The van der Waals surface area contributed by atoms with Crippen LogP contribution in [0.4, 0.5) is 0 Å². The number of hydrogen-bond acceptors (Lipinski definition) is 0. The molecule has 0 aliphatic carbocycles. The molecular formula is C26H22Cl2Zr-2. The number of benzene rings is 3. The number of hydrogen-bond donors (Lipinski definition) is 0. The molecule has 0 bridgehead atoms. The van der Waals surface area contributed by atoms with Gasteiger partial charge < -0.3 is 24.8 Å². The average molecular weight is 497 g/mol. The SMILES string of the molecule is [CH2]=[Zr+2].[Cl-].[Cl-].c1ccc(C[c-]2cccc2)cc1.c1ccc2c(c1)[cH-]c1ccccc12. The smallest absolute Gasteiger partial charge is 0.0485 e. The summed E-state index contributed by atoms with van der Waals surface area (Å²) in [6.07, 6.45) is 1.05. The van der Waals surface area contributed by atoms with Gasteiger partial charge in [0, 0.05) is 0 Å². The molecule has 5 rings (SSSR count). The van der Waals surface area contributed by atoms with E-state index in [0.29, 0.717) is 0 Å². The van der Waals surface area contributed by atoms with Gasteiger partial charge in [-0.2, -0.15) is 17.7 Å². The third-order valence-corrected chi connectivity index (χ3v) is 4.51. The molecule has 3 heteroatoms. The van der Waals surface area contributed by atoms with Crippen molar-refractivity contribution in [2.24, 2.45) is 0 Å². The van der Waals surface area contributed by atoms with E-state index in [9.17, 15) is 0 Å². The minimum Gasteiger partial charge on any atom is -1.00 e. The molecule has 0 aliphatic heterocycles. The molecule has 0 N–H and O–H groups in total. The predicted octanol–water partition coefficient (Wildman–Crippen LogP) is 0.681. The molecule has 0 spiro atoms. The van der Waals surface area contributed by atoms with E-state index >= 15 is 0 Å². The van der Waals surface area contributed by atoms with Crippen LogP contribution in [-0.4, -0.2) is 4.21 Å². The summed E-state index contributed by atoms with van der Waals surface area (Å²) in [5, 5.41) is 5.39. The third kappa shape index (κ3) is 6.89. The summed E-state index contributed by atoms with van der Waals surface area (Å²) in [4.78, 5) is 0. The van der Waals surface area contributed by atoms with E-state index in [4.69, 9.17) is 0 Å². The van der Waals surface area contributed by atoms with Crippen LogP contribution >= 0.6 is 0 Å². The zero-order valence-corrected chi connectivity index (χ0v) is 20.0. The quantitative estimate of drug-likeness (QED) is 0.316. The maximum atomic E-state index is 3.34. The van der Waals surface area contributed by atoms with Gasteiger partial charge in [-0.1, -0.05) is 72.3 Å². The molecule has 29 heavy (non-hydrogen) atoms. The minimum absolute atomic E-state index is 0. The van der Waals surface area contributed by atoms with Crippen molar-refractivity contribution in [1.82, 2.24) is 0 Å². The van der Waals surface area contributed by atoms with E-state index in [0.717, 1.165) is 6.42 Å². The van der Waals surface area contributed by atoms with Crippen LogP contribution in [0.5, 0.6) is 0 Å². The van der Waals surface area contributed by atoms with Crippen LogP contribution in [0.1, 0.15) is 11.1 Å². The summed E-state index contributed by atoms with van der Waals surface area (Å²) in [6, 6.07) is 38.3. The zero-order chi connectivity index (χ0) is 18.9. The molecule has 5 aromatic carbocycles. The molecule has 146 valence electrons. The van der Waals surface area contributed by atoms with Gasteiger partial charge in [0.05, 0.1) is 0 Å². The Morgan fingerprint density at radius 1 is 0.621 bits per heavy atom. The molecule has 0 nitrogen and oxygen atoms in total. The Hall–Kier alpha value is -1.79. The summed E-state index contributed by atoms with van der Waals surface area (Å²) < 4.78 is 3.34. The van der Waals surface area contributed by atoms with Gasteiger partial charge in [-0.3, -0.25) is 0 Å². The average Bonchev–Trinajstić information content (AvgIpc) is 3.38. The maximum absolute atomic E-state index is 3.34. The van der Waals surface area contributed by atoms with Crippen LogP contribution in [0.3, 0.4) is 0 Å². The van der Waals surface area contributed by atoms with Crippen molar-refractivity contribution in [2.75, 3.05) is 0 Å². The molecule has 0 unspecified atom stereocenters. The van der Waals surface area contributed by atoms with Crippen LogP contribution in [-0.2, 0) is 30.7 Å². The molecule has 0 saturated carbocycles. The number of rotatable bonds is 2. The summed E-state index contributed by atoms with van der Waals surface area (Å²) in [7, 11) is 0. The van der Waals surface area contributed by atoms with E-state index in [1.807, 2.05) is 0 Å². The topological polar surface area (TPSA) is 0 Å². The van der Waals surface area contributed by atoms with E-state index in [2.05, 4.69) is 113 Å². The molecule has 0 fully saturated rings. The molecule has 0 saturated heterocycles. The molecule has 0 radical (unpaired) electrons. The third-order valence-electron chi connectivity index (χ3n) is 4.51. The van der Waals surface area contributed by atoms with Gasteiger partial charge in [0.1, 0.15) is 0 Å². The van der Waals surface area contributed by atoms with Crippen molar-refractivity contribution in [3.05, 3.63) is 120 Å². The Morgan fingerprint density at radius 2 is 1.07 bits per heavy atom. The molecular weight excluding hydrogens is 474 g/mol. The van der Waals surface area contributed by atoms with E-state index in [1.54, 1.807) is 0 Å². The second-order valence-corrected chi connectivity index (χ2v) is 6.27. The Labute approximate surface area is 200 Å². The van der Waals surface area contributed by atoms with Gasteiger partial charge >= 0.3 is 28.4 Å². The minimum atomic E-state index is 0. The molecule has 0 aliphatic rings. The molecule has 0 atom stereocenters. The van der Waals surface area contributed by atoms with Crippen molar-refractivity contribution < 1.29 is 49.0 Å². The van der Waals surface area contributed by atoms with Crippen molar-refractivity contribution in [2.45, 2.75) is 6.42 Å². The molecule has 0 amide bonds. The van der Waals surface area contributed by atoms with Crippen LogP contribution in [0, 0.1) is 0 Å². The fraction of sp³-hybridized carbons (Fsp3) is 0.0385. The van der Waals surface area contributed by atoms with Crippen LogP contribution < -0.4 is 24.8 Å². The van der Waals surface area contributed by atoms with Gasteiger partial charge in [-0.25, -0.2) is 12.1 Å². The van der Waals surface area contributed by atoms with Crippen LogP contribution in [0.15, 0.2) is 109 Å². The van der Waals surface area contributed by atoms with Gasteiger partial charge in [0.25, 0.3) is 0 Å². The Morgan fingerprint density at radius 3 is 1.59 bits per heavy atom. The molecule has 0 aromatic heterocycles. The van der Waals surface area contributed by atoms with Gasteiger partial charge in [-0.05, 0) is 6.42 Å². The first-order valence-corrected chi connectivity index (χ1v) is 10.8. The van der Waals surface area contributed by atoms with E-state index < -0.39 is 0 Å². The Bertz CT molecular complexity index is 1030. The Kier molecular flexibility index (Phi) is 11.7. The zero-order valence-electron chi connectivity index (χ0n) is 16.1. The summed E-state index contributed by atoms with van der Waals surface area (Å²) >= 11 is 1.30. The van der Waals surface area contributed by atoms with Gasteiger partial charge in [0.2, 0.25) is 0 Å². The largest absolute Gasteiger partial charge is 1.00 e. The first kappa shape index (κ1) is 25.2. The van der Waals surface area contributed by atoms with Crippen molar-refractivity contribution in [3.63, 3.8) is 0 Å². The summed E-state index contributed by atoms with van der Waals surface area (Å²) in [6.45, 7) is 0. The van der Waals surface area contributed by atoms with Crippen LogP contribution in [0.2, 0.25) is 0 Å². The normalized spacial score (nSPS) is 9.31. The fourth-order valence-electron chi connectivity index (χ4n) is 3.27. The second kappa shape index (κ2) is 13.4. The summed E-state index contributed by atoms with van der Waals surface area (Å²) in [5.41, 5.74) is 2.77. The standard InChI is InChI=1S/C13H9.C12H11.CH2.2ClH.Zr/c1-3-7-12-10(5-1)9-11-6-2-4-8-13(11)12;1-2-6-11(7-3-1)10-12-8-4-5-9-12;;;;/h1-9H;1-9H,10H2;1H2;2*1H;/q2*-1;;;;+2/p-2. The van der Waals surface area contributed by atoms with E-state index in [-0.39, 0.29) is 24.8 Å². The number of fused-ring (bicyclic) bond motifs is 3. The monoisotopic (exact) mass is 494 g/mol. The first-order valence-electron chi connectivity index (χ1n) is 9.03. The van der Waals surface area contributed by atoms with Gasteiger partial charge in [-0.15, -0.1) is 39.7 Å². The Balaban J connectivity index is 0.000000252. The van der Waals surface area contributed by atoms with Crippen molar-refractivity contribution in [1.29, 1.82) is 0 Å². The fourth-order valence-corrected chi connectivity index (χ4v) is 3.27. The van der Waals surface area contributed by atoms with Crippen molar-refractivity contribution in [3.8, 4) is 0 Å². The first-order chi connectivity index (χ1) is 13.4. The van der Waals surface area contributed by atoms with Crippen LogP contribution in [0.25, 0.3) is 21.5 Å². The number of halogens is 2. The maximum Gasteiger partial charge on any atom is -0.0485 e. The second-order valence-electron chi connectivity index (χ2n) is 6.27. The van der Waals surface area contributed by atoms with E-state index in [1.165, 1.54) is 56.9 Å². The van der Waals surface area contributed by atoms with Gasteiger partial charge in [0.15, 0.2) is 0 Å². The van der Waals surface area contributed by atoms with Crippen molar-refractivity contribution >= 4 is 25.8 Å². The molecule has 5 aromatic rings. The predicted molar refractivity (Wildman–Crippen MR) is 115 cm³/mol. The summed E-state index contributed by atoms with van der Waals surface area (Å²) in [5.74, 6) is 0. The molecule has 0 heterocycles.